The summed E-state index contributed by atoms with van der Waals surface area (Å²) < 4.78 is 29.6. The molecule has 0 radical (unpaired) electrons. The van der Waals surface area contributed by atoms with E-state index in [1.165, 1.54) is 12.1 Å². The minimum atomic E-state index is -3.92. The Morgan fingerprint density at radius 3 is 2.45 bits per heavy atom. The second kappa shape index (κ2) is 5.43. The van der Waals surface area contributed by atoms with Crippen molar-refractivity contribution in [1.29, 1.82) is 0 Å². The number of hydrogen-bond donors (Lipinski definition) is 2. The third-order valence-corrected chi connectivity index (χ3v) is 4.07. The first-order chi connectivity index (χ1) is 9.27. The number of primary sulfonamides is 1. The van der Waals surface area contributed by atoms with E-state index in [1.807, 2.05) is 19.1 Å². The minimum Gasteiger partial charge on any atom is -0.456 e. The fraction of sp³-hybridized carbons (Fsp3) is 0.0769. The van der Waals surface area contributed by atoms with Gasteiger partial charge in [0.15, 0.2) is 0 Å². The summed E-state index contributed by atoms with van der Waals surface area (Å²) in [6.07, 6.45) is 0. The Kier molecular flexibility index (Phi) is 4.03. The molecule has 0 spiro atoms. The fourth-order valence-electron chi connectivity index (χ4n) is 1.63. The van der Waals surface area contributed by atoms with Gasteiger partial charge >= 0.3 is 0 Å². The largest absolute Gasteiger partial charge is 0.456 e. The summed E-state index contributed by atoms with van der Waals surface area (Å²) in [6.45, 7) is 1.86. The Morgan fingerprint density at radius 2 is 1.80 bits per heavy atom. The number of ether oxygens (including phenoxy) is 1. The highest BCUT2D eigenvalue weighted by atomic mass is 79.9. The second-order valence-corrected chi connectivity index (χ2v) is 6.71. The SMILES string of the molecule is Cc1ccc(Br)cc1Oc1ccc(N)cc1S(N)(=O)=O. The normalized spacial score (nSPS) is 11.3. The number of aryl methyl sites for hydroxylation is 1. The Hall–Kier alpha value is -1.57. The molecule has 0 heterocycles. The van der Waals surface area contributed by atoms with Crippen LogP contribution < -0.4 is 15.6 Å². The van der Waals surface area contributed by atoms with Gasteiger partial charge in [0.25, 0.3) is 0 Å². The Bertz CT molecular complexity index is 760. The highest BCUT2D eigenvalue weighted by Crippen LogP contribution is 2.32. The van der Waals surface area contributed by atoms with Gasteiger partial charge in [-0.3, -0.25) is 0 Å². The molecule has 7 heteroatoms. The summed E-state index contributed by atoms with van der Waals surface area (Å²) in [4.78, 5) is -0.142. The number of sulfonamides is 1. The van der Waals surface area contributed by atoms with Crippen LogP contribution in [0.1, 0.15) is 5.56 Å². The number of anilines is 1. The molecule has 0 aliphatic heterocycles. The van der Waals surface area contributed by atoms with E-state index in [0.29, 0.717) is 11.4 Å². The van der Waals surface area contributed by atoms with E-state index in [1.54, 1.807) is 12.1 Å². The molecule has 0 aromatic heterocycles. The van der Waals surface area contributed by atoms with Crippen molar-refractivity contribution in [3.05, 3.63) is 46.4 Å². The maximum Gasteiger partial charge on any atom is 0.241 e. The molecule has 5 nitrogen and oxygen atoms in total. The zero-order chi connectivity index (χ0) is 14.9. The van der Waals surface area contributed by atoms with Crippen LogP contribution in [0.4, 0.5) is 5.69 Å². The zero-order valence-electron chi connectivity index (χ0n) is 10.6. The molecule has 0 fully saturated rings. The third-order valence-electron chi connectivity index (χ3n) is 2.64. The molecule has 0 atom stereocenters. The van der Waals surface area contributed by atoms with Crippen LogP contribution in [0.25, 0.3) is 0 Å². The average molecular weight is 357 g/mol. The van der Waals surface area contributed by atoms with Gasteiger partial charge in [-0.15, -0.1) is 0 Å². The van der Waals surface area contributed by atoms with E-state index in [0.717, 1.165) is 10.0 Å². The van der Waals surface area contributed by atoms with Crippen molar-refractivity contribution in [1.82, 2.24) is 0 Å². The molecule has 106 valence electrons. The van der Waals surface area contributed by atoms with Crippen molar-refractivity contribution in [3.63, 3.8) is 0 Å². The molecular weight excluding hydrogens is 344 g/mol. The van der Waals surface area contributed by atoms with Crippen molar-refractivity contribution in [2.24, 2.45) is 5.14 Å². The molecule has 4 N–H and O–H groups in total. The van der Waals surface area contributed by atoms with Crippen LogP contribution in [0.2, 0.25) is 0 Å². The van der Waals surface area contributed by atoms with Gasteiger partial charge < -0.3 is 10.5 Å². The topological polar surface area (TPSA) is 95.4 Å². The number of benzene rings is 2. The molecule has 0 bridgehead atoms. The standard InChI is InChI=1S/C13H13BrN2O3S/c1-8-2-3-9(14)6-12(8)19-11-5-4-10(15)7-13(11)20(16,17)18/h2-7H,15H2,1H3,(H2,16,17,18). The summed E-state index contributed by atoms with van der Waals surface area (Å²) in [7, 11) is -3.92. The van der Waals surface area contributed by atoms with Crippen molar-refractivity contribution >= 4 is 31.6 Å². The van der Waals surface area contributed by atoms with Crippen molar-refractivity contribution < 1.29 is 13.2 Å². The van der Waals surface area contributed by atoms with Crippen LogP contribution in [0.15, 0.2) is 45.8 Å². The summed E-state index contributed by atoms with van der Waals surface area (Å²) in [5, 5.41) is 5.18. The Morgan fingerprint density at radius 1 is 1.10 bits per heavy atom. The highest BCUT2D eigenvalue weighted by molar-refractivity contribution is 9.10. The van der Waals surface area contributed by atoms with Gasteiger partial charge in [-0.2, -0.15) is 0 Å². The van der Waals surface area contributed by atoms with E-state index < -0.39 is 10.0 Å². The quantitative estimate of drug-likeness (QED) is 0.826. The lowest BCUT2D eigenvalue weighted by molar-refractivity contribution is 0.464. The van der Waals surface area contributed by atoms with E-state index in [9.17, 15) is 8.42 Å². The van der Waals surface area contributed by atoms with Crippen LogP contribution in [-0.4, -0.2) is 8.42 Å². The van der Waals surface area contributed by atoms with E-state index in [4.69, 9.17) is 15.6 Å². The number of nitrogen functional groups attached to an aromatic ring is 1. The first-order valence-electron chi connectivity index (χ1n) is 5.64. The lowest BCUT2D eigenvalue weighted by Crippen LogP contribution is -2.13. The zero-order valence-corrected chi connectivity index (χ0v) is 13.0. The number of halogens is 1. The molecule has 0 aliphatic rings. The maximum atomic E-state index is 11.6. The third kappa shape index (κ3) is 3.30. The van der Waals surface area contributed by atoms with Gasteiger partial charge in [-0.1, -0.05) is 22.0 Å². The molecule has 0 aliphatic carbocycles. The van der Waals surface area contributed by atoms with E-state index >= 15 is 0 Å². The van der Waals surface area contributed by atoms with Crippen LogP contribution in [0.3, 0.4) is 0 Å². The Labute approximate surface area is 125 Å². The maximum absolute atomic E-state index is 11.6. The summed E-state index contributed by atoms with van der Waals surface area (Å²) in [5.41, 5.74) is 6.75. The van der Waals surface area contributed by atoms with E-state index in [2.05, 4.69) is 15.9 Å². The highest BCUT2D eigenvalue weighted by Gasteiger charge is 2.17. The average Bonchev–Trinajstić information content (AvgIpc) is 2.34. The van der Waals surface area contributed by atoms with Gasteiger partial charge in [0, 0.05) is 10.2 Å². The Balaban J connectivity index is 2.52. The summed E-state index contributed by atoms with van der Waals surface area (Å²) in [6, 6.07) is 9.78. The molecule has 2 aromatic rings. The number of hydrogen-bond acceptors (Lipinski definition) is 4. The predicted octanol–water partition coefficient (Wildman–Crippen LogP) is 2.78. The molecule has 20 heavy (non-hydrogen) atoms. The number of rotatable bonds is 3. The molecule has 0 amide bonds. The van der Waals surface area contributed by atoms with Crippen LogP contribution in [0.5, 0.6) is 11.5 Å². The first kappa shape index (κ1) is 14.8. The minimum absolute atomic E-state index is 0.142. The smallest absolute Gasteiger partial charge is 0.241 e. The number of nitrogens with two attached hydrogens (primary N) is 2. The summed E-state index contributed by atoms with van der Waals surface area (Å²) >= 11 is 3.34. The van der Waals surface area contributed by atoms with Crippen molar-refractivity contribution in [3.8, 4) is 11.5 Å². The molecule has 0 saturated heterocycles. The molecule has 2 aromatic carbocycles. The fourth-order valence-corrected chi connectivity index (χ4v) is 2.66. The summed E-state index contributed by atoms with van der Waals surface area (Å²) in [5.74, 6) is 0.678. The first-order valence-corrected chi connectivity index (χ1v) is 7.97. The van der Waals surface area contributed by atoms with Gasteiger partial charge in [0.2, 0.25) is 10.0 Å². The molecular formula is C13H13BrN2O3S. The van der Waals surface area contributed by atoms with Crippen LogP contribution in [0, 0.1) is 6.92 Å². The van der Waals surface area contributed by atoms with Crippen LogP contribution >= 0.6 is 15.9 Å². The van der Waals surface area contributed by atoms with Crippen molar-refractivity contribution in [2.75, 3.05) is 5.73 Å². The van der Waals surface area contributed by atoms with Gasteiger partial charge in [0.05, 0.1) is 0 Å². The lowest BCUT2D eigenvalue weighted by Gasteiger charge is -2.12. The second-order valence-electron chi connectivity index (χ2n) is 4.26. The van der Waals surface area contributed by atoms with Crippen molar-refractivity contribution in [2.45, 2.75) is 11.8 Å². The predicted molar refractivity (Wildman–Crippen MR) is 81.2 cm³/mol. The van der Waals surface area contributed by atoms with Crippen LogP contribution in [-0.2, 0) is 10.0 Å². The van der Waals surface area contributed by atoms with Gasteiger partial charge in [-0.05, 0) is 42.8 Å². The lowest BCUT2D eigenvalue weighted by atomic mass is 10.2. The van der Waals surface area contributed by atoms with E-state index in [-0.39, 0.29) is 10.6 Å². The van der Waals surface area contributed by atoms with Gasteiger partial charge in [-0.25, -0.2) is 13.6 Å². The monoisotopic (exact) mass is 356 g/mol. The molecule has 2 rings (SSSR count). The molecule has 0 saturated carbocycles. The molecule has 0 unspecified atom stereocenters. The van der Waals surface area contributed by atoms with Gasteiger partial charge in [0.1, 0.15) is 16.4 Å².